The van der Waals surface area contributed by atoms with Crippen LogP contribution >= 0.6 is 22.3 Å². The zero-order chi connectivity index (χ0) is 52.3. The lowest BCUT2D eigenvalue weighted by Crippen LogP contribution is -2.49. The number of rotatable bonds is 11. The third-order valence-electron chi connectivity index (χ3n) is 8.05. The number of aryl methyl sites for hydroxylation is 1. The summed E-state index contributed by atoms with van der Waals surface area (Å²) in [6.45, 7) is 36.2. The van der Waals surface area contributed by atoms with Crippen molar-refractivity contribution in [3.63, 3.8) is 0 Å². The summed E-state index contributed by atoms with van der Waals surface area (Å²) in [5.41, 5.74) is -0.612. The predicted molar refractivity (Wildman–Crippen MR) is 275 cm³/mol. The number of pyridine rings is 1. The highest BCUT2D eigenvalue weighted by Gasteiger charge is 2.35. The molecule has 3 N–H and O–H groups in total. The van der Waals surface area contributed by atoms with Crippen LogP contribution in [0.15, 0.2) is 49.4 Å². The number of hydrogen-bond acceptors (Lipinski definition) is 6. The molecule has 0 bridgehead atoms. The molecule has 0 radical (unpaired) electrons. The zero-order valence-electron chi connectivity index (χ0n) is 41.8. The summed E-state index contributed by atoms with van der Waals surface area (Å²) in [7, 11) is -0.380. The molecule has 2 fully saturated rings. The molecule has 9 nitrogen and oxygen atoms in total. The number of aromatic nitrogens is 1. The summed E-state index contributed by atoms with van der Waals surface area (Å²) in [5, 5.41) is 6.84. The number of benzene rings is 1. The minimum Gasteiger partial charge on any atom is -0.474 e. The van der Waals surface area contributed by atoms with E-state index in [1.165, 1.54) is 6.07 Å². The summed E-state index contributed by atoms with van der Waals surface area (Å²) in [5.74, 6) is 5.76. The minimum absolute atomic E-state index is 0.00483. The number of likely N-dealkylation sites (tertiary alicyclic amines) is 1. The topological polar surface area (TPSA) is 113 Å². The maximum Gasteiger partial charge on any atom is 0.433 e. The summed E-state index contributed by atoms with van der Waals surface area (Å²) < 4.78 is 45.9. The molecule has 368 valence electrons. The number of halogens is 4. The van der Waals surface area contributed by atoms with Crippen molar-refractivity contribution in [3.8, 4) is 38.5 Å². The number of carbonyl (C=O) groups is 3. The molecule has 1 saturated heterocycles. The van der Waals surface area contributed by atoms with E-state index in [1.807, 2.05) is 54.5 Å². The van der Waals surface area contributed by atoms with Crippen LogP contribution in [0.3, 0.4) is 0 Å². The third kappa shape index (κ3) is 32.4. The molecule has 2 aliphatic rings. The van der Waals surface area contributed by atoms with E-state index >= 15 is 0 Å². The standard InChI is InChI=1S/C19H32N4O4S.C11H7ClF3N.C7H14.C4H10.2C2H6.3C2H2/c1-13(27-19(2,3)4)20-12-17(25)23-10-6-7-15(23)18(26)21-11-16(24)22-28(5)14-8-9-14;1-6-5-9(11(13,14)15)16-10-7(6)3-2-4-8(10)12;1-5-7(4)6(2)3;1-4(2)3;5*1-2/h14-15,20H,1,5-12H2,2-4H3,(H,21,26)(H,22,24);2-5H,1H3;5-7H,1H2,2-4H3;4H,1-3H3;2*1-2H3;3*1-2H/t15-,28?;;;;;;;;/m0......../s1. The van der Waals surface area contributed by atoms with E-state index in [0.29, 0.717) is 41.0 Å². The number of allylic oxidation sites excluding steroid dienone is 1. The lowest BCUT2D eigenvalue weighted by Gasteiger charge is -2.26. The maximum absolute atomic E-state index is 12.5. The van der Waals surface area contributed by atoms with Gasteiger partial charge in [0.05, 0.1) is 23.6 Å². The Balaban J connectivity index is -0.000000273. The van der Waals surface area contributed by atoms with Gasteiger partial charge in [0.15, 0.2) is 5.88 Å². The lowest BCUT2D eigenvalue weighted by molar-refractivity contribution is -0.141. The van der Waals surface area contributed by atoms with Gasteiger partial charge in [0.1, 0.15) is 17.3 Å². The second-order valence-corrected chi connectivity index (χ2v) is 17.8. The van der Waals surface area contributed by atoms with Crippen molar-refractivity contribution in [1.82, 2.24) is 25.2 Å². The number of amides is 3. The van der Waals surface area contributed by atoms with Crippen LogP contribution in [0.2, 0.25) is 5.02 Å². The summed E-state index contributed by atoms with van der Waals surface area (Å²) >= 11 is 5.82. The van der Waals surface area contributed by atoms with Crippen LogP contribution in [-0.4, -0.2) is 70.0 Å². The van der Waals surface area contributed by atoms with E-state index in [2.05, 4.69) is 119 Å². The molecule has 1 aromatic carbocycles. The van der Waals surface area contributed by atoms with Crippen molar-refractivity contribution in [2.24, 2.45) is 17.8 Å². The summed E-state index contributed by atoms with van der Waals surface area (Å²) in [6.07, 6.45) is 25.1. The van der Waals surface area contributed by atoms with Gasteiger partial charge in [-0.1, -0.05) is 116 Å². The Morgan fingerprint density at radius 3 is 1.86 bits per heavy atom. The van der Waals surface area contributed by atoms with Crippen molar-refractivity contribution >= 4 is 56.8 Å². The molecular weight excluding hydrogens is 871 g/mol. The highest BCUT2D eigenvalue weighted by atomic mass is 35.5. The third-order valence-corrected chi connectivity index (χ3v) is 10.1. The molecule has 3 amide bonds. The number of carbonyl (C=O) groups excluding carboxylic acids is 3. The average molecular weight is 953 g/mol. The number of fused-ring (bicyclic) bond motifs is 1. The first-order chi connectivity index (χ1) is 30.4. The molecule has 65 heavy (non-hydrogen) atoms. The Labute approximate surface area is 400 Å². The molecule has 2 unspecified atom stereocenters. The first-order valence-corrected chi connectivity index (χ1v) is 23.5. The zero-order valence-corrected chi connectivity index (χ0v) is 43.3. The SMILES string of the molecule is C#C.C#C.C#C.C=C(NCC(=O)N1CCC[C@H]1C(=O)NCC(=O)NS(=C)C1CC1)OC(C)(C)C.C=CC(C)C(C)C.CC.CC.CC(C)C.Cc1cc(C(F)(F)F)nc2c(Cl)cccc12. The molecule has 14 heteroatoms. The number of nitrogens with zero attached hydrogens (tertiary/aromatic N) is 2. The largest absolute Gasteiger partial charge is 0.474 e. The van der Waals surface area contributed by atoms with Gasteiger partial charge in [-0.3, -0.25) is 14.4 Å². The van der Waals surface area contributed by atoms with Crippen molar-refractivity contribution in [2.45, 2.75) is 146 Å². The Morgan fingerprint density at radius 2 is 1.45 bits per heavy atom. The van der Waals surface area contributed by atoms with Gasteiger partial charge in [0.25, 0.3) is 0 Å². The van der Waals surface area contributed by atoms with Crippen molar-refractivity contribution in [1.29, 1.82) is 0 Å². The highest BCUT2D eigenvalue weighted by molar-refractivity contribution is 8.13. The molecular formula is C51H81ClF3N5O4S. The van der Waals surface area contributed by atoms with Gasteiger partial charge in [0, 0.05) is 17.2 Å². The van der Waals surface area contributed by atoms with Gasteiger partial charge in [-0.25, -0.2) is 4.98 Å². The predicted octanol–water partition coefficient (Wildman–Crippen LogP) is 12.0. The van der Waals surface area contributed by atoms with Crippen LogP contribution in [0, 0.1) is 63.2 Å². The van der Waals surface area contributed by atoms with Gasteiger partial charge in [-0.05, 0) is 95.4 Å². The second-order valence-electron chi connectivity index (χ2n) is 15.6. The highest BCUT2D eigenvalue weighted by Crippen LogP contribution is 2.36. The number of hydrogen-bond donors (Lipinski definition) is 3. The van der Waals surface area contributed by atoms with Crippen LogP contribution in [0.5, 0.6) is 0 Å². The quantitative estimate of drug-likeness (QED) is 0.0895. The molecule has 1 aliphatic heterocycles. The molecule has 2 aromatic rings. The fourth-order valence-electron chi connectivity index (χ4n) is 4.72. The van der Waals surface area contributed by atoms with Gasteiger partial charge >= 0.3 is 6.18 Å². The first kappa shape index (κ1) is 69.1. The fraction of sp³-hybridized carbons (Fsp3) is 0.549. The molecule has 3 atom stereocenters. The Hall–Kier alpha value is -4.90. The Kier molecular flexibility index (Phi) is 40.8. The summed E-state index contributed by atoms with van der Waals surface area (Å²) in [6, 6.07) is 5.38. The van der Waals surface area contributed by atoms with Crippen LogP contribution in [-0.2, 0) is 25.3 Å². The lowest BCUT2D eigenvalue weighted by atomic mass is 9.99. The average Bonchev–Trinajstić information content (AvgIpc) is 4.01. The fourth-order valence-corrected chi connectivity index (χ4v) is 6.18. The van der Waals surface area contributed by atoms with E-state index in [-0.39, 0.29) is 52.0 Å². The van der Waals surface area contributed by atoms with Crippen molar-refractivity contribution in [2.75, 3.05) is 19.6 Å². The van der Waals surface area contributed by atoms with E-state index in [9.17, 15) is 27.6 Å². The molecule has 2 heterocycles. The van der Waals surface area contributed by atoms with Crippen LogP contribution in [0.25, 0.3) is 10.9 Å². The Bertz CT molecular complexity index is 1750. The van der Waals surface area contributed by atoms with Gasteiger partial charge < -0.3 is 25.0 Å². The normalized spacial score (nSPS) is 14.1. The first-order valence-electron chi connectivity index (χ1n) is 21.6. The smallest absolute Gasteiger partial charge is 0.433 e. The van der Waals surface area contributed by atoms with Gasteiger partial charge in [-0.2, -0.15) is 13.2 Å². The van der Waals surface area contributed by atoms with E-state index < -0.39 is 23.5 Å². The van der Waals surface area contributed by atoms with Crippen LogP contribution in [0.1, 0.15) is 127 Å². The Morgan fingerprint density at radius 1 is 0.938 bits per heavy atom. The number of ether oxygens (including phenoxy) is 1. The molecule has 1 aromatic heterocycles. The van der Waals surface area contributed by atoms with E-state index in [0.717, 1.165) is 37.2 Å². The number of para-hydroxylation sites is 1. The summed E-state index contributed by atoms with van der Waals surface area (Å²) in [4.78, 5) is 42.0. The van der Waals surface area contributed by atoms with Crippen molar-refractivity contribution < 1.29 is 32.3 Å². The molecule has 1 aliphatic carbocycles. The number of terminal acetylenes is 3. The molecule has 0 spiro atoms. The van der Waals surface area contributed by atoms with E-state index in [4.69, 9.17) is 16.3 Å². The number of alkyl halides is 3. The van der Waals surface area contributed by atoms with Crippen molar-refractivity contribution in [3.05, 3.63) is 65.7 Å². The minimum atomic E-state index is -4.45. The van der Waals surface area contributed by atoms with Crippen LogP contribution in [0.4, 0.5) is 13.2 Å². The molecule has 4 rings (SSSR count). The second kappa shape index (κ2) is 38.4. The number of nitrogens with one attached hydrogen (secondary N) is 3. The molecule has 1 saturated carbocycles. The monoisotopic (exact) mass is 952 g/mol. The van der Waals surface area contributed by atoms with Gasteiger partial charge in [0.2, 0.25) is 17.7 Å². The maximum atomic E-state index is 12.5. The van der Waals surface area contributed by atoms with Gasteiger partial charge in [-0.15, -0.1) is 45.1 Å². The van der Waals surface area contributed by atoms with E-state index in [1.54, 1.807) is 24.0 Å². The van der Waals surface area contributed by atoms with Crippen LogP contribution < -0.4 is 15.4 Å².